The second kappa shape index (κ2) is 40.5. The van der Waals surface area contributed by atoms with E-state index in [4.69, 9.17) is 0 Å². The Hall–Kier alpha value is 1.93. The van der Waals surface area contributed by atoms with Crippen LogP contribution in [0.4, 0.5) is 0 Å². The van der Waals surface area contributed by atoms with E-state index in [-0.39, 0.29) is 37.2 Å². The summed E-state index contributed by atoms with van der Waals surface area (Å²) in [6.45, 7) is 4.32. The van der Waals surface area contributed by atoms with Crippen molar-refractivity contribution >= 4 is 69.8 Å². The van der Waals surface area contributed by atoms with Crippen molar-refractivity contribution in [2.75, 3.05) is 0 Å². The third-order valence-corrected chi connectivity index (χ3v) is 1.73. The maximum Gasteiger partial charge on any atom is 0.118 e. The summed E-state index contributed by atoms with van der Waals surface area (Å²) >= 11 is 5.31. The normalized spacial score (nSPS) is 5.27. The van der Waals surface area contributed by atoms with Crippen molar-refractivity contribution in [3.8, 4) is 0 Å². The van der Waals surface area contributed by atoms with Crippen LogP contribution in [0.1, 0.15) is 26.7 Å². The lowest BCUT2D eigenvalue weighted by Crippen LogP contribution is -1.55. The lowest BCUT2D eigenvalue weighted by atomic mass is 10.6. The molecule has 11 heavy (non-hydrogen) atoms. The smallest absolute Gasteiger partial charge is 0.118 e. The molecule has 5 heteroatoms. The van der Waals surface area contributed by atoms with Gasteiger partial charge < -0.3 is 0 Å². The molecule has 4 radical (unpaired) electrons. The predicted molar refractivity (Wildman–Crippen MR) is 63.4 cm³/mol. The Morgan fingerprint density at radius 1 is 0.727 bits per heavy atom. The van der Waals surface area contributed by atoms with E-state index in [9.17, 15) is 0 Å². The summed E-state index contributed by atoms with van der Waals surface area (Å²) in [4.78, 5) is 0. The van der Waals surface area contributed by atoms with Gasteiger partial charge in [-0.05, 0) is 0 Å². The Labute approximate surface area is 106 Å². The van der Waals surface area contributed by atoms with Crippen molar-refractivity contribution in [1.82, 2.24) is 0 Å². The molecule has 0 aromatic heterocycles. The SMILES string of the molecule is CC[CH2][Al].CC[CH2][Al].Cl.Cl.Cl. The zero-order valence-corrected chi connectivity index (χ0v) is 12.0. The van der Waals surface area contributed by atoms with Crippen LogP contribution in [-0.2, 0) is 0 Å². The molecule has 68 valence electrons. The molecule has 0 aromatic rings. The Morgan fingerprint density at radius 3 is 0.818 bits per heavy atom. The molecule has 0 fully saturated rings. The molecule has 0 aliphatic carbocycles. The molecule has 0 aliphatic heterocycles. The van der Waals surface area contributed by atoms with Gasteiger partial charge in [-0.15, -0.1) is 47.8 Å². The molecule has 0 amide bonds. The topological polar surface area (TPSA) is 0 Å². The van der Waals surface area contributed by atoms with Crippen LogP contribution >= 0.6 is 37.2 Å². The minimum absolute atomic E-state index is 0. The van der Waals surface area contributed by atoms with Crippen LogP contribution in [0.15, 0.2) is 0 Å². The van der Waals surface area contributed by atoms with Gasteiger partial charge in [0.25, 0.3) is 0 Å². The Morgan fingerprint density at radius 2 is 0.818 bits per heavy atom. The van der Waals surface area contributed by atoms with Gasteiger partial charge in [-0.25, -0.2) is 0 Å². The first kappa shape index (κ1) is 29.3. The molecule has 0 bridgehead atoms. The van der Waals surface area contributed by atoms with Crippen LogP contribution in [0, 0.1) is 0 Å². The van der Waals surface area contributed by atoms with Crippen LogP contribution < -0.4 is 0 Å². The molecule has 0 aromatic carbocycles. The van der Waals surface area contributed by atoms with E-state index in [0.29, 0.717) is 0 Å². The monoisotopic (exact) mass is 248 g/mol. The highest BCUT2D eigenvalue weighted by Gasteiger charge is 1.57. The zero-order chi connectivity index (χ0) is 6.83. The molecular formula is C6H17Al2Cl3. The first-order valence-corrected chi connectivity index (χ1v) is 4.86. The van der Waals surface area contributed by atoms with E-state index >= 15 is 0 Å². The molecule has 0 heterocycles. The highest BCUT2D eigenvalue weighted by atomic mass is 35.5. The zero-order valence-electron chi connectivity index (χ0n) is 7.21. The minimum atomic E-state index is 0. The summed E-state index contributed by atoms with van der Waals surface area (Å²) in [7, 11) is 0. The largest absolute Gasteiger partial charge is 0.147 e. The average molecular weight is 250 g/mol. The maximum absolute atomic E-state index is 2.66. The second-order valence-corrected chi connectivity index (χ2v) is 2.73. The molecule has 0 aliphatic rings. The summed E-state index contributed by atoms with van der Waals surface area (Å²) in [5.74, 6) is 0. The van der Waals surface area contributed by atoms with Crippen LogP contribution in [0.3, 0.4) is 0 Å². The van der Waals surface area contributed by atoms with Crippen molar-refractivity contribution < 1.29 is 0 Å². The van der Waals surface area contributed by atoms with Crippen molar-refractivity contribution in [3.05, 3.63) is 0 Å². The van der Waals surface area contributed by atoms with Gasteiger partial charge in [0.1, 0.15) is 32.6 Å². The average Bonchev–Trinajstić information content (AvgIpc) is 1.88. The van der Waals surface area contributed by atoms with Crippen LogP contribution in [-0.4, -0.2) is 32.6 Å². The summed E-state index contributed by atoms with van der Waals surface area (Å²) in [5, 5.41) is 2.47. The van der Waals surface area contributed by atoms with E-state index < -0.39 is 0 Å². The number of hydrogen-bond donors (Lipinski definition) is 0. The quantitative estimate of drug-likeness (QED) is 0.659. The molecule has 0 nitrogen and oxygen atoms in total. The van der Waals surface area contributed by atoms with Gasteiger partial charge >= 0.3 is 0 Å². The fourth-order valence-corrected chi connectivity index (χ4v) is 0. The highest BCUT2D eigenvalue weighted by Crippen LogP contribution is 1.74. The number of hydrogen-bond acceptors (Lipinski definition) is 0. The molecule has 0 saturated heterocycles. The first-order valence-electron chi connectivity index (χ1n) is 3.23. The fraction of sp³-hybridized carbons (Fsp3) is 1.00. The van der Waals surface area contributed by atoms with Gasteiger partial charge in [-0.1, -0.05) is 26.7 Å². The highest BCUT2D eigenvalue weighted by molar-refractivity contribution is 6.08. The van der Waals surface area contributed by atoms with E-state index in [2.05, 4.69) is 46.4 Å². The van der Waals surface area contributed by atoms with Gasteiger partial charge in [0.2, 0.25) is 0 Å². The van der Waals surface area contributed by atoms with E-state index in [1.54, 1.807) is 0 Å². The fourth-order valence-electron chi connectivity index (χ4n) is 0. The molecule has 0 saturated carbocycles. The number of halogens is 3. The van der Waals surface area contributed by atoms with Crippen LogP contribution in [0.2, 0.25) is 10.6 Å². The minimum Gasteiger partial charge on any atom is -0.147 e. The predicted octanol–water partition coefficient (Wildman–Crippen LogP) is 3.23. The lowest BCUT2D eigenvalue weighted by molar-refractivity contribution is 1.08. The Bertz CT molecular complexity index is 23.8. The number of rotatable bonds is 2. The van der Waals surface area contributed by atoms with Gasteiger partial charge in [-0.3, -0.25) is 0 Å². The summed E-state index contributed by atoms with van der Waals surface area (Å²) < 4.78 is 0. The van der Waals surface area contributed by atoms with Gasteiger partial charge in [0.05, 0.1) is 0 Å². The summed E-state index contributed by atoms with van der Waals surface area (Å²) in [6, 6.07) is 0. The van der Waals surface area contributed by atoms with Gasteiger partial charge in [0.15, 0.2) is 0 Å². The molecule has 0 N–H and O–H groups in total. The molecule has 0 rings (SSSR count). The molecule has 0 unspecified atom stereocenters. The molecule has 0 atom stereocenters. The third kappa shape index (κ3) is 76.1. The third-order valence-electron chi connectivity index (χ3n) is 0.577. The lowest BCUT2D eigenvalue weighted by Gasteiger charge is -1.68. The maximum atomic E-state index is 2.66. The summed E-state index contributed by atoms with van der Waals surface area (Å²) in [6.07, 6.45) is 2.56. The second-order valence-electron chi connectivity index (χ2n) is 1.58. The van der Waals surface area contributed by atoms with Crippen molar-refractivity contribution in [2.45, 2.75) is 37.3 Å². The first-order chi connectivity index (χ1) is 3.83. The standard InChI is InChI=1S/2C3H7.2Al.3ClH/c2*1-3-2;;;;;/h2*1,3H2,2H3;;;3*1H. The van der Waals surface area contributed by atoms with E-state index in [1.807, 2.05) is 0 Å². The van der Waals surface area contributed by atoms with Gasteiger partial charge in [-0.2, -0.15) is 0 Å². The Kier molecular flexibility index (Phi) is 108. The van der Waals surface area contributed by atoms with Crippen molar-refractivity contribution in [1.29, 1.82) is 0 Å². The van der Waals surface area contributed by atoms with Crippen LogP contribution in [0.25, 0.3) is 0 Å². The summed E-state index contributed by atoms with van der Waals surface area (Å²) in [5.41, 5.74) is 0. The van der Waals surface area contributed by atoms with Crippen molar-refractivity contribution in [2.24, 2.45) is 0 Å². The molecule has 0 spiro atoms. The molecular weight excluding hydrogens is 232 g/mol. The van der Waals surface area contributed by atoms with Gasteiger partial charge in [0, 0.05) is 0 Å². The Balaban J connectivity index is -0.0000000171. The van der Waals surface area contributed by atoms with Crippen LogP contribution in [0.5, 0.6) is 0 Å². The van der Waals surface area contributed by atoms with E-state index in [0.717, 1.165) is 0 Å². The van der Waals surface area contributed by atoms with E-state index in [1.165, 1.54) is 23.4 Å². The van der Waals surface area contributed by atoms with Crippen molar-refractivity contribution in [3.63, 3.8) is 0 Å².